The van der Waals surface area contributed by atoms with Crippen LogP contribution in [0.25, 0.3) is 0 Å². The van der Waals surface area contributed by atoms with Crippen LogP contribution in [0.3, 0.4) is 0 Å². The first kappa shape index (κ1) is 17.2. The number of amides is 1. The van der Waals surface area contributed by atoms with E-state index in [0.717, 1.165) is 12.0 Å². The topological polar surface area (TPSA) is 90.5 Å². The van der Waals surface area contributed by atoms with Crippen molar-refractivity contribution >= 4 is 17.7 Å². The van der Waals surface area contributed by atoms with E-state index in [4.69, 9.17) is 0 Å². The number of likely N-dealkylation sites (tertiary alicyclic amines) is 1. The number of Topliss-reactive ketones (excluding diaryl/α,β-unsaturated/α-hetero) is 1. The third-order valence-corrected chi connectivity index (χ3v) is 4.41. The summed E-state index contributed by atoms with van der Waals surface area (Å²) in [6.07, 6.45) is 2.76. The molecule has 0 radical (unpaired) electrons. The van der Waals surface area contributed by atoms with E-state index in [2.05, 4.69) is 4.98 Å². The Morgan fingerprint density at radius 2 is 2.04 bits per heavy atom. The molecule has 1 aliphatic heterocycles. The number of aromatic amines is 1. The van der Waals surface area contributed by atoms with Crippen LogP contribution in [0.15, 0.2) is 0 Å². The van der Waals surface area contributed by atoms with Crippen LogP contribution in [-0.2, 0) is 11.2 Å². The van der Waals surface area contributed by atoms with Crippen LogP contribution in [0.4, 0.5) is 0 Å². The molecule has 0 unspecified atom stereocenters. The highest BCUT2D eigenvalue weighted by Crippen LogP contribution is 2.25. The molecule has 1 fully saturated rings. The van der Waals surface area contributed by atoms with Crippen LogP contribution in [0, 0.1) is 12.8 Å². The summed E-state index contributed by atoms with van der Waals surface area (Å²) in [5.41, 5.74) is 2.51. The summed E-state index contributed by atoms with van der Waals surface area (Å²) in [4.78, 5) is 40.6. The molecule has 2 rings (SSSR count). The van der Waals surface area contributed by atoms with E-state index in [1.54, 1.807) is 11.8 Å². The molecule has 23 heavy (non-hydrogen) atoms. The molecule has 0 spiro atoms. The summed E-state index contributed by atoms with van der Waals surface area (Å²) in [6.45, 7) is 6.09. The second-order valence-corrected chi connectivity index (χ2v) is 6.21. The summed E-state index contributed by atoms with van der Waals surface area (Å²) in [5, 5.41) is 9.18. The molecule has 2 N–H and O–H groups in total. The lowest BCUT2D eigenvalue weighted by Crippen LogP contribution is -2.42. The van der Waals surface area contributed by atoms with Crippen molar-refractivity contribution in [1.82, 2.24) is 9.88 Å². The highest BCUT2D eigenvalue weighted by molar-refractivity contribution is 6.02. The molecule has 0 saturated carbocycles. The van der Waals surface area contributed by atoms with Gasteiger partial charge >= 0.3 is 5.97 Å². The van der Waals surface area contributed by atoms with Gasteiger partial charge in [0, 0.05) is 24.3 Å². The molecule has 6 heteroatoms. The quantitative estimate of drug-likeness (QED) is 0.815. The molecule has 1 aliphatic rings. The summed E-state index contributed by atoms with van der Waals surface area (Å²) in [6, 6.07) is 0. The van der Waals surface area contributed by atoms with Gasteiger partial charge in [0.05, 0.1) is 5.92 Å². The second kappa shape index (κ2) is 6.98. The van der Waals surface area contributed by atoms with Crippen LogP contribution in [0.2, 0.25) is 0 Å². The smallest absolute Gasteiger partial charge is 0.308 e. The number of hydrogen-bond donors (Lipinski definition) is 2. The van der Waals surface area contributed by atoms with Gasteiger partial charge in [-0.1, -0.05) is 13.3 Å². The number of aromatic nitrogens is 1. The van der Waals surface area contributed by atoms with Crippen LogP contribution >= 0.6 is 0 Å². The molecule has 0 aliphatic carbocycles. The van der Waals surface area contributed by atoms with Gasteiger partial charge in [-0.05, 0) is 38.7 Å². The first-order valence-corrected chi connectivity index (χ1v) is 8.11. The van der Waals surface area contributed by atoms with Gasteiger partial charge in [-0.3, -0.25) is 14.4 Å². The highest BCUT2D eigenvalue weighted by atomic mass is 16.4. The summed E-state index contributed by atoms with van der Waals surface area (Å²) in [5.74, 6) is -1.62. The van der Waals surface area contributed by atoms with Crippen molar-refractivity contribution in [3.8, 4) is 0 Å². The first-order chi connectivity index (χ1) is 10.9. The number of rotatable bonds is 5. The zero-order chi connectivity index (χ0) is 17.1. The number of carboxylic acids is 1. The van der Waals surface area contributed by atoms with Crippen LogP contribution < -0.4 is 0 Å². The number of piperidine rings is 1. The van der Waals surface area contributed by atoms with E-state index in [-0.39, 0.29) is 18.2 Å². The number of hydrogen-bond acceptors (Lipinski definition) is 3. The average molecular weight is 320 g/mol. The van der Waals surface area contributed by atoms with Crippen molar-refractivity contribution in [2.24, 2.45) is 5.92 Å². The van der Waals surface area contributed by atoms with Crippen molar-refractivity contribution in [3.05, 3.63) is 22.5 Å². The maximum Gasteiger partial charge on any atom is 0.308 e. The van der Waals surface area contributed by atoms with Gasteiger partial charge in [-0.2, -0.15) is 0 Å². The molecular weight excluding hydrogens is 296 g/mol. The predicted molar refractivity (Wildman–Crippen MR) is 85.8 cm³/mol. The van der Waals surface area contributed by atoms with Crippen LogP contribution in [0.5, 0.6) is 0 Å². The van der Waals surface area contributed by atoms with Gasteiger partial charge in [0.15, 0.2) is 5.78 Å². The van der Waals surface area contributed by atoms with Crippen LogP contribution in [0.1, 0.15) is 65.2 Å². The maximum atomic E-state index is 12.8. The van der Waals surface area contributed by atoms with Crippen molar-refractivity contribution in [2.45, 2.75) is 46.5 Å². The Balaban J connectivity index is 2.33. The van der Waals surface area contributed by atoms with Crippen LogP contribution in [-0.4, -0.2) is 45.7 Å². The van der Waals surface area contributed by atoms with Crippen molar-refractivity contribution in [2.75, 3.05) is 13.1 Å². The van der Waals surface area contributed by atoms with E-state index in [0.29, 0.717) is 42.8 Å². The number of carboxylic acid groups (broad SMARTS) is 1. The van der Waals surface area contributed by atoms with Gasteiger partial charge in [0.25, 0.3) is 5.91 Å². The van der Waals surface area contributed by atoms with E-state index < -0.39 is 11.9 Å². The molecule has 1 atom stereocenters. The molecule has 2 heterocycles. The molecule has 126 valence electrons. The summed E-state index contributed by atoms with van der Waals surface area (Å²) in [7, 11) is 0. The fourth-order valence-corrected chi connectivity index (χ4v) is 3.36. The summed E-state index contributed by atoms with van der Waals surface area (Å²) < 4.78 is 0. The number of ketones is 1. The lowest BCUT2D eigenvalue weighted by molar-refractivity contribution is -0.143. The van der Waals surface area contributed by atoms with Gasteiger partial charge in [0.1, 0.15) is 5.69 Å². The fourth-order valence-electron chi connectivity index (χ4n) is 3.36. The number of nitrogens with one attached hydrogen (secondary N) is 1. The normalized spacial score (nSPS) is 18.0. The Morgan fingerprint density at radius 3 is 2.61 bits per heavy atom. The maximum absolute atomic E-state index is 12.8. The third-order valence-electron chi connectivity index (χ3n) is 4.41. The lowest BCUT2D eigenvalue weighted by Gasteiger charge is -2.30. The highest BCUT2D eigenvalue weighted by Gasteiger charge is 2.31. The Kier molecular flexibility index (Phi) is 5.23. The largest absolute Gasteiger partial charge is 0.481 e. The van der Waals surface area contributed by atoms with E-state index in [1.165, 1.54) is 6.92 Å². The number of H-pyrrole nitrogens is 1. The second-order valence-electron chi connectivity index (χ2n) is 6.21. The minimum absolute atomic E-state index is 0.0525. The Hall–Kier alpha value is -2.11. The zero-order valence-corrected chi connectivity index (χ0v) is 13.9. The molecular formula is C17H24N2O4. The SMILES string of the molecule is CCCc1c(C(=O)N2CCC[C@H](C(=O)O)C2)[nH]c(C)c1C(C)=O. The number of nitrogens with zero attached hydrogens (tertiary/aromatic N) is 1. The fraction of sp³-hybridized carbons (Fsp3) is 0.588. The van der Waals surface area contributed by atoms with Gasteiger partial charge < -0.3 is 15.0 Å². The predicted octanol–water partition coefficient (Wildman–Crippen LogP) is 2.42. The molecule has 6 nitrogen and oxygen atoms in total. The number of carbonyl (C=O) groups excluding carboxylic acids is 2. The monoisotopic (exact) mass is 320 g/mol. The van der Waals surface area contributed by atoms with Crippen molar-refractivity contribution in [3.63, 3.8) is 0 Å². The minimum Gasteiger partial charge on any atom is -0.481 e. The Bertz CT molecular complexity index is 633. The van der Waals surface area contributed by atoms with E-state index in [1.807, 2.05) is 6.92 Å². The number of carbonyl (C=O) groups is 3. The first-order valence-electron chi connectivity index (χ1n) is 8.11. The molecule has 1 amide bonds. The molecule has 1 aromatic heterocycles. The standard InChI is InChI=1S/C17H24N2O4/c1-4-6-13-14(11(3)20)10(2)18-15(13)16(21)19-8-5-7-12(9-19)17(22)23/h12,18H,4-9H2,1-3H3,(H,22,23)/t12-/m0/s1. The van der Waals surface area contributed by atoms with E-state index >= 15 is 0 Å². The van der Waals surface area contributed by atoms with Gasteiger partial charge in [0.2, 0.25) is 0 Å². The number of aliphatic carboxylic acids is 1. The number of aryl methyl sites for hydroxylation is 1. The van der Waals surface area contributed by atoms with Crippen molar-refractivity contribution < 1.29 is 19.5 Å². The Labute approximate surface area is 135 Å². The zero-order valence-electron chi connectivity index (χ0n) is 13.9. The lowest BCUT2D eigenvalue weighted by atomic mass is 9.97. The average Bonchev–Trinajstić information content (AvgIpc) is 2.83. The summed E-state index contributed by atoms with van der Waals surface area (Å²) >= 11 is 0. The minimum atomic E-state index is -0.858. The third kappa shape index (κ3) is 3.46. The Morgan fingerprint density at radius 1 is 1.35 bits per heavy atom. The van der Waals surface area contributed by atoms with E-state index in [9.17, 15) is 19.5 Å². The molecule has 1 saturated heterocycles. The van der Waals surface area contributed by atoms with Gasteiger partial charge in [-0.15, -0.1) is 0 Å². The van der Waals surface area contributed by atoms with Crippen molar-refractivity contribution in [1.29, 1.82) is 0 Å². The molecule has 0 aromatic carbocycles. The molecule has 1 aromatic rings. The molecule has 0 bridgehead atoms. The van der Waals surface area contributed by atoms with Gasteiger partial charge in [-0.25, -0.2) is 0 Å².